The molecule has 9 heteroatoms. The first-order chi connectivity index (χ1) is 24.2. The van der Waals surface area contributed by atoms with Gasteiger partial charge in [-0.25, -0.2) is 0 Å². The number of nitrogens with zero attached hydrogens (tertiary/aromatic N) is 3. The van der Waals surface area contributed by atoms with Crippen molar-refractivity contribution >= 4 is 0 Å². The zero-order valence-electron chi connectivity index (χ0n) is 28.6. The second-order valence-electron chi connectivity index (χ2n) is 18.1. The fourth-order valence-electron chi connectivity index (χ4n) is 13.8. The van der Waals surface area contributed by atoms with Gasteiger partial charge in [0, 0.05) is 56.2 Å². The molecule has 2 spiro atoms. The summed E-state index contributed by atoms with van der Waals surface area (Å²) in [5.41, 5.74) is 5.21. The fraction of sp³-hybridized carbons (Fsp3) is 0.610. The number of aromatic hydroxyl groups is 2. The van der Waals surface area contributed by atoms with Gasteiger partial charge in [-0.3, -0.25) is 9.80 Å². The predicted molar refractivity (Wildman–Crippen MR) is 182 cm³/mol. The number of benzene rings is 2. The summed E-state index contributed by atoms with van der Waals surface area (Å²) in [4.78, 5) is 5.16. The van der Waals surface area contributed by atoms with E-state index in [0.717, 1.165) is 85.5 Å². The second kappa shape index (κ2) is 8.52. The van der Waals surface area contributed by atoms with Crippen LogP contribution in [0.3, 0.4) is 0 Å². The maximum Gasteiger partial charge on any atom is 0.166 e. The molecule has 1 aromatic heterocycles. The monoisotopic (exact) mass is 675 g/mol. The van der Waals surface area contributed by atoms with Crippen LogP contribution >= 0.6 is 0 Å². The molecule has 0 unspecified atom stereocenters. The van der Waals surface area contributed by atoms with Crippen LogP contribution in [0.2, 0.25) is 0 Å². The summed E-state index contributed by atoms with van der Waals surface area (Å²) in [7, 11) is 2.13. The molecule has 5 heterocycles. The van der Waals surface area contributed by atoms with E-state index in [1.54, 1.807) is 12.1 Å². The van der Waals surface area contributed by atoms with Crippen LogP contribution in [0.15, 0.2) is 24.3 Å². The number of aromatic nitrogens is 1. The Bertz CT molecular complexity index is 1960. The standard InChI is InChI=1S/C41H45N3O6/c1-42-32-24(16-40(47)28-14-22-6-8-26(45)34-30(22)38(40,36(32)49-34)10-12-43(28)18-20-2-3-20)25-17-41(48)29-15-23-7-9-27(46)35-31(23)39(41,37(50-35)33(25)42)11-13-44(29)19-21-4-5-21/h6-9,20-21,28-29,36-37,45-48H,2-5,10-19H2,1H3/t28-,29-,36+,37+,38+,39+,40-,41-/m1/s1. The van der Waals surface area contributed by atoms with E-state index in [4.69, 9.17) is 9.47 Å². The molecule has 3 aromatic rings. The Kier molecular flexibility index (Phi) is 4.83. The first-order valence-corrected chi connectivity index (χ1v) is 19.3. The molecule has 2 saturated carbocycles. The van der Waals surface area contributed by atoms with E-state index in [2.05, 4.69) is 33.5 Å². The van der Waals surface area contributed by atoms with Gasteiger partial charge in [-0.15, -0.1) is 0 Å². The number of likely N-dealkylation sites (tertiary alicyclic amines) is 2. The average Bonchev–Trinajstić information content (AvgIpc) is 4.00. The highest BCUT2D eigenvalue weighted by atomic mass is 16.5. The van der Waals surface area contributed by atoms with Crippen LogP contribution in [-0.2, 0) is 43.6 Å². The minimum absolute atomic E-state index is 0.0532. The first-order valence-electron chi connectivity index (χ1n) is 19.3. The predicted octanol–water partition coefficient (Wildman–Crippen LogP) is 3.83. The number of rotatable bonds is 4. The molecule has 4 bridgehead atoms. The molecule has 9 nitrogen and oxygen atoms in total. The number of phenols is 2. The molecule has 0 radical (unpaired) electrons. The third-order valence-electron chi connectivity index (χ3n) is 16.1. The molecule has 13 rings (SSSR count). The highest BCUT2D eigenvalue weighted by Gasteiger charge is 2.76. The second-order valence-corrected chi connectivity index (χ2v) is 18.1. The average molecular weight is 676 g/mol. The van der Waals surface area contributed by atoms with Gasteiger partial charge in [-0.05, 0) is 111 Å². The minimum Gasteiger partial charge on any atom is -0.504 e. The van der Waals surface area contributed by atoms with Crippen LogP contribution in [0.5, 0.6) is 23.0 Å². The van der Waals surface area contributed by atoms with Crippen molar-refractivity contribution in [3.63, 3.8) is 0 Å². The molecule has 2 saturated heterocycles. The highest BCUT2D eigenvalue weighted by Crippen LogP contribution is 2.73. The zero-order chi connectivity index (χ0) is 33.3. The molecule has 0 amide bonds. The van der Waals surface area contributed by atoms with Gasteiger partial charge in [0.05, 0.1) is 33.4 Å². The Morgan fingerprint density at radius 2 is 1.12 bits per heavy atom. The number of hydrogen-bond acceptors (Lipinski definition) is 8. The number of fused-ring (bicyclic) bond motifs is 5. The van der Waals surface area contributed by atoms with E-state index in [0.29, 0.717) is 36.2 Å². The zero-order valence-corrected chi connectivity index (χ0v) is 28.6. The van der Waals surface area contributed by atoms with Crippen LogP contribution in [0.4, 0.5) is 0 Å². The van der Waals surface area contributed by atoms with Crippen molar-refractivity contribution in [1.29, 1.82) is 0 Å². The summed E-state index contributed by atoms with van der Waals surface area (Å²) < 4.78 is 16.3. The van der Waals surface area contributed by atoms with Crippen LogP contribution in [0.25, 0.3) is 0 Å². The van der Waals surface area contributed by atoms with Crippen molar-refractivity contribution in [1.82, 2.24) is 14.4 Å². The van der Waals surface area contributed by atoms with Crippen molar-refractivity contribution in [2.45, 2.75) is 111 Å². The molecular weight excluding hydrogens is 630 g/mol. The summed E-state index contributed by atoms with van der Waals surface area (Å²) >= 11 is 0. The Morgan fingerprint density at radius 3 is 1.54 bits per heavy atom. The molecule has 260 valence electrons. The molecule has 2 aromatic carbocycles. The topological polar surface area (TPSA) is 111 Å². The Balaban J connectivity index is 1.05. The lowest BCUT2D eigenvalue weighted by atomic mass is 9.47. The summed E-state index contributed by atoms with van der Waals surface area (Å²) in [6.07, 6.45) is 8.13. The van der Waals surface area contributed by atoms with Gasteiger partial charge in [0.15, 0.2) is 35.2 Å². The lowest BCUT2D eigenvalue weighted by molar-refractivity contribution is -0.176. The highest BCUT2D eigenvalue weighted by molar-refractivity contribution is 5.69. The summed E-state index contributed by atoms with van der Waals surface area (Å²) in [5.74, 6) is 2.81. The third-order valence-corrected chi connectivity index (χ3v) is 16.1. The number of ether oxygens (including phenoxy) is 2. The third kappa shape index (κ3) is 2.87. The number of aliphatic hydroxyl groups is 2. The lowest BCUT2D eigenvalue weighted by Crippen LogP contribution is -2.75. The first kappa shape index (κ1) is 28.4. The summed E-state index contributed by atoms with van der Waals surface area (Å²) in [6.45, 7) is 3.86. The maximum atomic E-state index is 13.6. The Labute approximate surface area is 291 Å². The molecule has 4 N–H and O–H groups in total. The molecule has 50 heavy (non-hydrogen) atoms. The fourth-order valence-corrected chi connectivity index (χ4v) is 13.8. The molecule has 10 aliphatic rings. The van der Waals surface area contributed by atoms with Crippen LogP contribution < -0.4 is 9.47 Å². The van der Waals surface area contributed by atoms with Gasteiger partial charge in [0.2, 0.25) is 0 Å². The maximum absolute atomic E-state index is 13.6. The van der Waals surface area contributed by atoms with E-state index in [-0.39, 0.29) is 23.6 Å². The smallest absolute Gasteiger partial charge is 0.166 e. The molecule has 4 aliphatic heterocycles. The molecular formula is C41H45N3O6. The molecule has 4 fully saturated rings. The van der Waals surface area contributed by atoms with Gasteiger partial charge in [-0.1, -0.05) is 12.1 Å². The van der Waals surface area contributed by atoms with Crippen molar-refractivity contribution in [3.8, 4) is 23.0 Å². The SMILES string of the molecule is Cn1c2c(c3c1[C@@H]1Oc4c(O)ccc5c4[C@@]14CCN(CC1CC1)[C@H](C5)[C@]4(O)C3)C[C@@]1(O)[C@H]3Cc4ccc(O)c5c4[C@@]1(CCN3CC1CC1)[C@H]2O5. The van der Waals surface area contributed by atoms with Crippen LogP contribution in [0, 0.1) is 11.8 Å². The van der Waals surface area contributed by atoms with E-state index < -0.39 is 34.2 Å². The van der Waals surface area contributed by atoms with Gasteiger partial charge >= 0.3 is 0 Å². The molecule has 8 atom stereocenters. The Hall–Kier alpha value is -3.24. The van der Waals surface area contributed by atoms with Crippen molar-refractivity contribution in [3.05, 3.63) is 69.0 Å². The van der Waals surface area contributed by atoms with E-state index in [9.17, 15) is 20.4 Å². The van der Waals surface area contributed by atoms with Gasteiger partial charge in [-0.2, -0.15) is 0 Å². The Morgan fingerprint density at radius 1 is 0.680 bits per heavy atom. The number of hydrogen-bond donors (Lipinski definition) is 4. The number of piperidine rings is 2. The van der Waals surface area contributed by atoms with E-state index >= 15 is 0 Å². The van der Waals surface area contributed by atoms with E-state index in [1.165, 1.54) is 36.8 Å². The summed E-state index contributed by atoms with van der Waals surface area (Å²) in [5, 5.41) is 49.8. The number of phenolic OH excluding ortho intramolecular Hbond substituents is 2. The quantitative estimate of drug-likeness (QED) is 0.331. The van der Waals surface area contributed by atoms with Crippen molar-refractivity contribution in [2.75, 3.05) is 26.2 Å². The van der Waals surface area contributed by atoms with Crippen molar-refractivity contribution in [2.24, 2.45) is 18.9 Å². The van der Waals surface area contributed by atoms with Crippen molar-refractivity contribution < 1.29 is 29.9 Å². The minimum atomic E-state index is -1.10. The van der Waals surface area contributed by atoms with E-state index in [1.807, 2.05) is 0 Å². The lowest BCUT2D eigenvalue weighted by Gasteiger charge is -2.63. The van der Waals surface area contributed by atoms with Gasteiger partial charge < -0.3 is 34.5 Å². The van der Waals surface area contributed by atoms with Gasteiger partial charge in [0.1, 0.15) is 0 Å². The largest absolute Gasteiger partial charge is 0.504 e. The summed E-state index contributed by atoms with van der Waals surface area (Å²) in [6, 6.07) is 7.60. The normalized spacial score (nSPS) is 40.8. The molecule has 6 aliphatic carbocycles. The van der Waals surface area contributed by atoms with Crippen LogP contribution in [-0.4, -0.2) is 84.3 Å². The van der Waals surface area contributed by atoms with Crippen LogP contribution in [0.1, 0.15) is 95.5 Å². The van der Waals surface area contributed by atoms with Gasteiger partial charge in [0.25, 0.3) is 0 Å².